The van der Waals surface area contributed by atoms with Gasteiger partial charge in [0.2, 0.25) is 0 Å². The van der Waals surface area contributed by atoms with Crippen LogP contribution in [0.3, 0.4) is 0 Å². The predicted molar refractivity (Wildman–Crippen MR) is 36.6 cm³/mol. The van der Waals surface area contributed by atoms with E-state index in [4.69, 9.17) is 7.82 Å². The molecular formula is C6H12AsO3. The molecule has 59 valence electrons. The van der Waals surface area contributed by atoms with E-state index in [1.807, 2.05) is 0 Å². The van der Waals surface area contributed by atoms with Crippen LogP contribution in [0.5, 0.6) is 0 Å². The van der Waals surface area contributed by atoms with Gasteiger partial charge < -0.3 is 0 Å². The van der Waals surface area contributed by atoms with Crippen molar-refractivity contribution < 1.29 is 11.6 Å². The van der Waals surface area contributed by atoms with Crippen LogP contribution >= 0.6 is 0 Å². The molecule has 0 aromatic carbocycles. The Kier molecular flexibility index (Phi) is 3.53. The molecule has 4 heteroatoms. The molecular weight excluding hydrogens is 195 g/mol. The van der Waals surface area contributed by atoms with Gasteiger partial charge in [0, 0.05) is 0 Å². The van der Waals surface area contributed by atoms with Gasteiger partial charge in [0.05, 0.1) is 0 Å². The van der Waals surface area contributed by atoms with E-state index in [1.165, 1.54) is 6.42 Å². The average Bonchev–Trinajstić information content (AvgIpc) is 1.88. The minimum atomic E-state index is -3.05. The van der Waals surface area contributed by atoms with Gasteiger partial charge in [-0.2, -0.15) is 0 Å². The Morgan fingerprint density at radius 2 is 1.90 bits per heavy atom. The molecule has 0 aromatic heterocycles. The van der Waals surface area contributed by atoms with E-state index in [0.29, 0.717) is 0 Å². The Bertz CT molecular complexity index is 120. The second-order valence-electron chi connectivity index (χ2n) is 2.60. The SMILES string of the molecule is O=[As](O)OC1CCCCC1. The molecule has 0 bridgehead atoms. The zero-order valence-corrected chi connectivity index (χ0v) is 7.70. The topological polar surface area (TPSA) is 46.5 Å². The van der Waals surface area contributed by atoms with Crippen LogP contribution in [-0.4, -0.2) is 25.5 Å². The predicted octanol–water partition coefficient (Wildman–Crippen LogP) is 0.743. The van der Waals surface area contributed by atoms with Gasteiger partial charge in [0.1, 0.15) is 0 Å². The molecule has 1 fully saturated rings. The summed E-state index contributed by atoms with van der Waals surface area (Å²) in [7, 11) is 0. The normalized spacial score (nSPS) is 22.7. The first kappa shape index (κ1) is 8.38. The molecule has 0 heterocycles. The molecule has 1 rings (SSSR count). The minimum absolute atomic E-state index is 0.0799. The van der Waals surface area contributed by atoms with E-state index in [2.05, 4.69) is 0 Å². The maximum atomic E-state index is 10.3. The van der Waals surface area contributed by atoms with Gasteiger partial charge in [0.25, 0.3) is 0 Å². The van der Waals surface area contributed by atoms with Crippen molar-refractivity contribution in [3.05, 3.63) is 0 Å². The Balaban J connectivity index is 2.19. The van der Waals surface area contributed by atoms with Crippen molar-refractivity contribution in [3.8, 4) is 0 Å². The first-order chi connectivity index (χ1) is 4.79. The molecule has 10 heavy (non-hydrogen) atoms. The number of hydrogen-bond donors (Lipinski definition) is 1. The van der Waals surface area contributed by atoms with Crippen LogP contribution in [0.2, 0.25) is 0 Å². The van der Waals surface area contributed by atoms with Gasteiger partial charge in [-0.3, -0.25) is 0 Å². The number of hydrogen-bond acceptors (Lipinski definition) is 2. The third-order valence-electron chi connectivity index (χ3n) is 1.79. The Morgan fingerprint density at radius 1 is 1.30 bits per heavy atom. The molecule has 1 saturated carbocycles. The molecule has 0 aromatic rings. The molecule has 1 unspecified atom stereocenters. The second-order valence-corrected chi connectivity index (χ2v) is 4.04. The molecule has 3 nitrogen and oxygen atoms in total. The molecule has 1 atom stereocenters. The third kappa shape index (κ3) is 2.91. The van der Waals surface area contributed by atoms with Crippen molar-refractivity contribution in [3.63, 3.8) is 0 Å². The van der Waals surface area contributed by atoms with Crippen LogP contribution in [0, 0.1) is 0 Å². The van der Waals surface area contributed by atoms with E-state index in [1.54, 1.807) is 0 Å². The monoisotopic (exact) mass is 207 g/mol. The summed E-state index contributed by atoms with van der Waals surface area (Å²) < 4.78 is 23.6. The van der Waals surface area contributed by atoms with E-state index in [9.17, 15) is 3.74 Å². The summed E-state index contributed by atoms with van der Waals surface area (Å²) in [6.07, 6.45) is 5.55. The Hall–Kier alpha value is 0.278. The third-order valence-corrected chi connectivity index (χ3v) is 2.80. The fourth-order valence-corrected chi connectivity index (χ4v) is 2.28. The summed E-state index contributed by atoms with van der Waals surface area (Å²) in [5.41, 5.74) is 0. The standard InChI is InChI=1S/C6H12AsO3/c8-7(9)10-6-4-2-1-3-5-6/h6H,1-5H2,(H,8,9). The van der Waals surface area contributed by atoms with Gasteiger partial charge in [-0.05, 0) is 0 Å². The number of rotatable bonds is 2. The van der Waals surface area contributed by atoms with Gasteiger partial charge >= 0.3 is 65.0 Å². The van der Waals surface area contributed by atoms with E-state index < -0.39 is 15.3 Å². The summed E-state index contributed by atoms with van der Waals surface area (Å²) in [6, 6.07) is 0. The summed E-state index contributed by atoms with van der Waals surface area (Å²) in [5, 5.41) is 0. The van der Waals surface area contributed by atoms with E-state index >= 15 is 0 Å². The van der Waals surface area contributed by atoms with Gasteiger partial charge in [0.15, 0.2) is 0 Å². The van der Waals surface area contributed by atoms with Crippen LogP contribution in [0.4, 0.5) is 0 Å². The first-order valence-corrected chi connectivity index (χ1v) is 5.99. The van der Waals surface area contributed by atoms with E-state index in [-0.39, 0.29) is 6.10 Å². The Morgan fingerprint density at radius 3 is 2.40 bits per heavy atom. The van der Waals surface area contributed by atoms with Crippen molar-refractivity contribution in [1.29, 1.82) is 0 Å². The van der Waals surface area contributed by atoms with Gasteiger partial charge in [-0.25, -0.2) is 0 Å². The van der Waals surface area contributed by atoms with Crippen LogP contribution in [-0.2, 0) is 7.47 Å². The molecule has 1 aliphatic rings. The van der Waals surface area contributed by atoms with Crippen molar-refractivity contribution >= 4 is 15.3 Å². The fraction of sp³-hybridized carbons (Fsp3) is 1.00. The molecule has 1 aliphatic carbocycles. The van der Waals surface area contributed by atoms with Crippen LogP contribution in [0.15, 0.2) is 0 Å². The zero-order chi connectivity index (χ0) is 7.40. The molecule has 0 saturated heterocycles. The summed E-state index contributed by atoms with van der Waals surface area (Å²) in [5.74, 6) is 0. The van der Waals surface area contributed by atoms with E-state index in [0.717, 1.165) is 25.7 Å². The molecule has 1 radical (unpaired) electrons. The van der Waals surface area contributed by atoms with Crippen molar-refractivity contribution in [1.82, 2.24) is 0 Å². The summed E-state index contributed by atoms with van der Waals surface area (Å²) >= 11 is -3.05. The zero-order valence-electron chi connectivity index (χ0n) is 5.82. The fourth-order valence-electron chi connectivity index (χ4n) is 1.30. The maximum absolute atomic E-state index is 10.3. The average molecular weight is 207 g/mol. The molecule has 0 amide bonds. The van der Waals surface area contributed by atoms with Gasteiger partial charge in [-0.1, -0.05) is 0 Å². The van der Waals surface area contributed by atoms with Crippen LogP contribution < -0.4 is 0 Å². The summed E-state index contributed by atoms with van der Waals surface area (Å²) in [4.78, 5) is 0. The Labute approximate surface area is 65.6 Å². The van der Waals surface area contributed by atoms with Crippen LogP contribution in [0.1, 0.15) is 32.1 Å². The molecule has 1 N–H and O–H groups in total. The molecule has 0 aliphatic heterocycles. The second kappa shape index (κ2) is 4.22. The van der Waals surface area contributed by atoms with Gasteiger partial charge in [-0.15, -0.1) is 0 Å². The summed E-state index contributed by atoms with van der Waals surface area (Å²) in [6.45, 7) is 0. The quantitative estimate of drug-likeness (QED) is 0.679. The molecule has 0 spiro atoms. The first-order valence-electron chi connectivity index (χ1n) is 3.62. The van der Waals surface area contributed by atoms with Crippen molar-refractivity contribution in [2.75, 3.05) is 0 Å². The van der Waals surface area contributed by atoms with Crippen LogP contribution in [0.25, 0.3) is 0 Å². The van der Waals surface area contributed by atoms with Crippen molar-refractivity contribution in [2.24, 2.45) is 0 Å². The van der Waals surface area contributed by atoms with Crippen molar-refractivity contribution in [2.45, 2.75) is 38.2 Å².